The van der Waals surface area contributed by atoms with Gasteiger partial charge < -0.3 is 0 Å². The molecule has 0 aromatic heterocycles. The Morgan fingerprint density at radius 2 is 1.24 bits per heavy atom. The van der Waals surface area contributed by atoms with Crippen LogP contribution in [0.15, 0.2) is 0 Å². The fourth-order valence-corrected chi connectivity index (χ4v) is 3.02. The lowest BCUT2D eigenvalue weighted by atomic mass is 10.1. The standard InChI is InChI=1S/C8H10F9NO5S2/c1-18(3-2-4-24(19,20)21)25(22,23)8(16,17)6(11,12)5(9,10)7(13,14)15/h2-4H2,1H3,(H,19,20,21). The predicted octanol–water partition coefficient (Wildman–Crippen LogP) is 1.95. The molecule has 17 heteroatoms. The van der Waals surface area contributed by atoms with E-state index in [1.807, 2.05) is 0 Å². The fourth-order valence-electron chi connectivity index (χ4n) is 1.31. The molecule has 0 atom stereocenters. The maximum absolute atomic E-state index is 13.4. The van der Waals surface area contributed by atoms with Crippen molar-refractivity contribution in [2.75, 3.05) is 19.3 Å². The van der Waals surface area contributed by atoms with E-state index < -0.39 is 66.4 Å². The van der Waals surface area contributed by atoms with Gasteiger partial charge in [-0.2, -0.15) is 52.2 Å². The molecule has 0 spiro atoms. The van der Waals surface area contributed by atoms with E-state index in [0.29, 0.717) is 0 Å². The highest BCUT2D eigenvalue weighted by molar-refractivity contribution is 7.90. The maximum atomic E-state index is 13.4. The summed E-state index contributed by atoms with van der Waals surface area (Å²) in [6, 6.07) is 0. The highest BCUT2D eigenvalue weighted by Crippen LogP contribution is 2.55. The van der Waals surface area contributed by atoms with E-state index in [1.54, 1.807) is 0 Å². The van der Waals surface area contributed by atoms with Gasteiger partial charge in [0.1, 0.15) is 0 Å². The van der Waals surface area contributed by atoms with Crippen LogP contribution in [0.1, 0.15) is 6.42 Å². The van der Waals surface area contributed by atoms with Gasteiger partial charge in [-0.05, 0) is 6.42 Å². The Bertz CT molecular complexity index is 685. The predicted molar refractivity (Wildman–Crippen MR) is 63.5 cm³/mol. The van der Waals surface area contributed by atoms with E-state index in [0.717, 1.165) is 0 Å². The third-order valence-electron chi connectivity index (χ3n) is 2.73. The first-order chi connectivity index (χ1) is 10.6. The molecular formula is C8H10F9NO5S2. The van der Waals surface area contributed by atoms with Gasteiger partial charge in [-0.3, -0.25) is 4.55 Å². The molecule has 0 unspecified atom stereocenters. The number of hydrogen-bond acceptors (Lipinski definition) is 4. The Kier molecular flexibility index (Phi) is 6.51. The van der Waals surface area contributed by atoms with Crippen LogP contribution in [0.4, 0.5) is 39.5 Å². The highest BCUT2D eigenvalue weighted by atomic mass is 32.2. The van der Waals surface area contributed by atoms with Crippen molar-refractivity contribution in [1.29, 1.82) is 0 Å². The smallest absolute Gasteiger partial charge is 0.286 e. The molecule has 1 N–H and O–H groups in total. The minimum absolute atomic E-state index is 0.120. The van der Waals surface area contributed by atoms with Crippen LogP contribution < -0.4 is 0 Å². The number of alkyl halides is 9. The summed E-state index contributed by atoms with van der Waals surface area (Å²) in [6.45, 7) is -1.30. The lowest BCUT2D eigenvalue weighted by Crippen LogP contribution is -2.65. The van der Waals surface area contributed by atoms with Gasteiger partial charge in [-0.1, -0.05) is 0 Å². The average Bonchev–Trinajstić information content (AvgIpc) is 2.34. The first-order valence-corrected chi connectivity index (χ1v) is 8.79. The Morgan fingerprint density at radius 1 is 0.840 bits per heavy atom. The molecule has 0 aromatic rings. The second-order valence-corrected chi connectivity index (χ2v) is 8.29. The summed E-state index contributed by atoms with van der Waals surface area (Å²) in [5, 5.41) is -6.88. The molecule has 0 rings (SSSR count). The van der Waals surface area contributed by atoms with Crippen molar-refractivity contribution >= 4 is 20.1 Å². The Balaban J connectivity index is 5.74. The molecule has 0 radical (unpaired) electrons. The van der Waals surface area contributed by atoms with Crippen LogP contribution in [0.25, 0.3) is 0 Å². The van der Waals surface area contributed by atoms with Crippen LogP contribution in [-0.4, -0.2) is 68.3 Å². The van der Waals surface area contributed by atoms with Gasteiger partial charge in [0.25, 0.3) is 20.1 Å². The summed E-state index contributed by atoms with van der Waals surface area (Å²) in [5.74, 6) is -16.0. The van der Waals surface area contributed by atoms with Crippen LogP contribution in [0.2, 0.25) is 0 Å². The highest BCUT2D eigenvalue weighted by Gasteiger charge is 2.85. The fraction of sp³-hybridized carbons (Fsp3) is 1.00. The van der Waals surface area contributed by atoms with E-state index >= 15 is 0 Å². The third kappa shape index (κ3) is 4.48. The zero-order valence-corrected chi connectivity index (χ0v) is 13.5. The molecule has 0 saturated carbocycles. The number of halogens is 9. The van der Waals surface area contributed by atoms with Gasteiger partial charge in [-0.15, -0.1) is 0 Å². The number of hydrogen-bond donors (Lipinski definition) is 1. The topological polar surface area (TPSA) is 91.8 Å². The molecule has 0 heterocycles. The first kappa shape index (κ1) is 24.2. The van der Waals surface area contributed by atoms with Crippen molar-refractivity contribution in [3.05, 3.63) is 0 Å². The maximum Gasteiger partial charge on any atom is 0.460 e. The van der Waals surface area contributed by atoms with E-state index in [1.165, 1.54) is 0 Å². The van der Waals surface area contributed by atoms with Crippen LogP contribution in [0.5, 0.6) is 0 Å². The van der Waals surface area contributed by atoms with Gasteiger partial charge >= 0.3 is 23.3 Å². The summed E-state index contributed by atoms with van der Waals surface area (Å²) in [6.07, 6.45) is -8.12. The molecule has 0 amide bonds. The van der Waals surface area contributed by atoms with Crippen LogP contribution >= 0.6 is 0 Å². The molecule has 0 bridgehead atoms. The van der Waals surface area contributed by atoms with E-state index in [9.17, 15) is 56.3 Å². The van der Waals surface area contributed by atoms with E-state index in [4.69, 9.17) is 4.55 Å². The van der Waals surface area contributed by atoms with Crippen molar-refractivity contribution in [3.8, 4) is 0 Å². The zero-order chi connectivity index (χ0) is 20.7. The summed E-state index contributed by atoms with van der Waals surface area (Å²) in [4.78, 5) is 0. The molecule has 6 nitrogen and oxygen atoms in total. The van der Waals surface area contributed by atoms with Crippen molar-refractivity contribution < 1.29 is 60.9 Å². The van der Waals surface area contributed by atoms with Crippen LogP contribution in [0.3, 0.4) is 0 Å². The van der Waals surface area contributed by atoms with Gasteiger partial charge in [0.2, 0.25) is 0 Å². The lowest BCUT2D eigenvalue weighted by Gasteiger charge is -2.34. The molecule has 25 heavy (non-hydrogen) atoms. The van der Waals surface area contributed by atoms with E-state index in [2.05, 4.69) is 0 Å². The number of sulfonamides is 1. The van der Waals surface area contributed by atoms with Crippen molar-refractivity contribution in [3.63, 3.8) is 0 Å². The van der Waals surface area contributed by atoms with Gasteiger partial charge in [-0.25, -0.2) is 8.42 Å². The summed E-state index contributed by atoms with van der Waals surface area (Å²) < 4.78 is 165. The van der Waals surface area contributed by atoms with Crippen LogP contribution in [-0.2, 0) is 20.1 Å². The lowest BCUT2D eigenvalue weighted by molar-refractivity contribution is -0.382. The molecule has 0 aliphatic carbocycles. The Hall–Kier alpha value is -0.810. The number of nitrogens with zero attached hydrogens (tertiary/aromatic N) is 1. The molecule has 0 aliphatic heterocycles. The van der Waals surface area contributed by atoms with Gasteiger partial charge in [0.05, 0.1) is 5.75 Å². The molecule has 0 aromatic carbocycles. The van der Waals surface area contributed by atoms with Crippen molar-refractivity contribution in [2.45, 2.75) is 29.7 Å². The molecule has 152 valence electrons. The zero-order valence-electron chi connectivity index (χ0n) is 11.9. The van der Waals surface area contributed by atoms with Gasteiger partial charge in [0, 0.05) is 13.6 Å². The minimum atomic E-state index is -7.38. The normalized spacial score (nSPS) is 15.7. The molecule has 0 aliphatic rings. The SMILES string of the molecule is CN(CCCS(=O)(=O)O)S(=O)(=O)C(F)(F)C(F)(F)C(F)(F)C(F)(F)F. The molecule has 0 saturated heterocycles. The second-order valence-electron chi connectivity index (χ2n) is 4.63. The first-order valence-electron chi connectivity index (χ1n) is 5.74. The molecule has 0 fully saturated rings. The Labute approximate surface area is 135 Å². The van der Waals surface area contributed by atoms with Crippen LogP contribution in [0, 0.1) is 0 Å². The largest absolute Gasteiger partial charge is 0.460 e. The third-order valence-corrected chi connectivity index (χ3v) is 5.44. The monoisotopic (exact) mass is 435 g/mol. The van der Waals surface area contributed by atoms with Gasteiger partial charge in [0.15, 0.2) is 0 Å². The Morgan fingerprint density at radius 3 is 1.56 bits per heavy atom. The summed E-state index contributed by atoms with van der Waals surface area (Å²) >= 11 is 0. The number of rotatable bonds is 8. The van der Waals surface area contributed by atoms with Crippen molar-refractivity contribution in [2.24, 2.45) is 0 Å². The molecular weight excluding hydrogens is 425 g/mol. The quantitative estimate of drug-likeness (QED) is 0.465. The minimum Gasteiger partial charge on any atom is -0.286 e. The summed E-state index contributed by atoms with van der Waals surface area (Å²) in [7, 11) is -11.3. The average molecular weight is 435 g/mol. The second kappa shape index (κ2) is 6.73. The van der Waals surface area contributed by atoms with Crippen molar-refractivity contribution in [1.82, 2.24) is 4.31 Å². The van der Waals surface area contributed by atoms with E-state index in [-0.39, 0.29) is 7.05 Å². The summed E-state index contributed by atoms with van der Waals surface area (Å²) in [5.41, 5.74) is 0.